The highest BCUT2D eigenvalue weighted by atomic mass is 16.5. The van der Waals surface area contributed by atoms with Crippen LogP contribution in [0.25, 0.3) is 5.76 Å². The summed E-state index contributed by atoms with van der Waals surface area (Å²) in [5.41, 5.74) is 3.98. The van der Waals surface area contributed by atoms with E-state index in [0.717, 1.165) is 11.3 Å². The Balaban J connectivity index is 1.65. The van der Waals surface area contributed by atoms with Crippen molar-refractivity contribution in [2.24, 2.45) is 0 Å². The van der Waals surface area contributed by atoms with Crippen LogP contribution in [0.4, 0.5) is 17.1 Å². The van der Waals surface area contributed by atoms with Crippen molar-refractivity contribution >= 4 is 40.4 Å². The summed E-state index contributed by atoms with van der Waals surface area (Å²) in [5.74, 6) is -1.28. The van der Waals surface area contributed by atoms with Gasteiger partial charge in [-0.15, -0.1) is 0 Å². The first-order valence-corrected chi connectivity index (χ1v) is 13.2. The van der Waals surface area contributed by atoms with Gasteiger partial charge in [-0.1, -0.05) is 45.0 Å². The van der Waals surface area contributed by atoms with E-state index in [1.54, 1.807) is 42.5 Å². The van der Waals surface area contributed by atoms with Gasteiger partial charge in [0.2, 0.25) is 5.91 Å². The summed E-state index contributed by atoms with van der Waals surface area (Å²) in [6.45, 7) is 9.00. The third kappa shape index (κ3) is 4.93. The number of Topliss-reactive ketones (excluding diaryl/α,β-unsaturated/α-hetero) is 1. The number of likely N-dealkylation sites (N-methyl/N-ethyl adjacent to an activating group) is 1. The van der Waals surface area contributed by atoms with Crippen molar-refractivity contribution in [1.82, 2.24) is 0 Å². The van der Waals surface area contributed by atoms with Gasteiger partial charge < -0.3 is 20.1 Å². The first kappa shape index (κ1) is 27.0. The van der Waals surface area contributed by atoms with Crippen LogP contribution in [-0.4, -0.2) is 42.9 Å². The zero-order valence-corrected chi connectivity index (χ0v) is 23.3. The minimum Gasteiger partial charge on any atom is -0.507 e. The normalized spacial score (nSPS) is 18.4. The van der Waals surface area contributed by atoms with E-state index in [9.17, 15) is 19.5 Å². The Morgan fingerprint density at radius 3 is 2.30 bits per heavy atom. The number of aliphatic hydroxyl groups excluding tert-OH is 1. The standard InChI is InChI=1S/C32H33N3O5/c1-19(36)33-23-11-13-24(14-12-23)35-28(20-6-9-22(10-7-20)32(2,3)4)27(30(38)31(35)39)29(37)21-8-15-26-25(18-21)34(5)16-17-40-26/h6-15,18,28,37H,16-17H2,1-5H3,(H,33,36)/b29-27-. The van der Waals surface area contributed by atoms with Crippen LogP contribution in [0.15, 0.2) is 72.3 Å². The number of carbonyl (C=O) groups is 3. The smallest absolute Gasteiger partial charge is 0.300 e. The average molecular weight is 540 g/mol. The number of nitrogens with zero attached hydrogens (tertiary/aromatic N) is 2. The van der Waals surface area contributed by atoms with Crippen LogP contribution in [0.2, 0.25) is 0 Å². The van der Waals surface area contributed by atoms with Crippen LogP contribution in [-0.2, 0) is 19.8 Å². The quantitative estimate of drug-likeness (QED) is 0.262. The van der Waals surface area contributed by atoms with Gasteiger partial charge >= 0.3 is 0 Å². The highest BCUT2D eigenvalue weighted by Crippen LogP contribution is 2.44. The molecular formula is C32H33N3O5. The number of amides is 2. The highest BCUT2D eigenvalue weighted by Gasteiger charge is 2.47. The van der Waals surface area contributed by atoms with E-state index in [1.807, 2.05) is 36.2 Å². The lowest BCUT2D eigenvalue weighted by atomic mass is 9.85. The van der Waals surface area contributed by atoms with Crippen molar-refractivity contribution in [3.8, 4) is 5.75 Å². The van der Waals surface area contributed by atoms with Gasteiger partial charge in [-0.3, -0.25) is 19.3 Å². The first-order chi connectivity index (χ1) is 19.0. The molecule has 1 atom stereocenters. The Hall–Kier alpha value is -4.59. The summed E-state index contributed by atoms with van der Waals surface area (Å²) in [5, 5.41) is 14.3. The summed E-state index contributed by atoms with van der Waals surface area (Å²) in [7, 11) is 1.94. The molecule has 1 fully saturated rings. The molecule has 5 rings (SSSR count). The number of nitrogens with one attached hydrogen (secondary N) is 1. The van der Waals surface area contributed by atoms with Crippen molar-refractivity contribution in [2.75, 3.05) is 35.3 Å². The number of ketones is 1. The molecule has 1 saturated heterocycles. The first-order valence-electron chi connectivity index (χ1n) is 13.2. The van der Waals surface area contributed by atoms with E-state index >= 15 is 0 Å². The molecule has 0 spiro atoms. The van der Waals surface area contributed by atoms with Gasteiger partial charge in [0.25, 0.3) is 11.7 Å². The van der Waals surface area contributed by atoms with E-state index < -0.39 is 17.7 Å². The Bertz CT molecular complexity index is 1520. The second-order valence-electron chi connectivity index (χ2n) is 11.2. The van der Waals surface area contributed by atoms with Crippen molar-refractivity contribution in [1.29, 1.82) is 0 Å². The maximum absolute atomic E-state index is 13.6. The van der Waals surface area contributed by atoms with Crippen LogP contribution in [0.5, 0.6) is 5.75 Å². The number of fused-ring (bicyclic) bond motifs is 1. The molecule has 206 valence electrons. The molecule has 2 aliphatic rings. The summed E-state index contributed by atoms with van der Waals surface area (Å²) in [4.78, 5) is 42.0. The fourth-order valence-corrected chi connectivity index (χ4v) is 5.14. The Morgan fingerprint density at radius 1 is 1.00 bits per heavy atom. The largest absolute Gasteiger partial charge is 0.507 e. The highest BCUT2D eigenvalue weighted by molar-refractivity contribution is 6.51. The van der Waals surface area contributed by atoms with Gasteiger partial charge in [0.1, 0.15) is 18.1 Å². The van der Waals surface area contributed by atoms with Crippen LogP contribution in [0, 0.1) is 0 Å². The van der Waals surface area contributed by atoms with E-state index in [4.69, 9.17) is 4.74 Å². The molecule has 40 heavy (non-hydrogen) atoms. The number of aliphatic hydroxyl groups is 1. The van der Waals surface area contributed by atoms with Gasteiger partial charge in [-0.05, 0) is 59.0 Å². The number of carbonyl (C=O) groups excluding carboxylic acids is 3. The molecule has 0 bridgehead atoms. The van der Waals surface area contributed by atoms with Crippen molar-refractivity contribution < 1.29 is 24.2 Å². The SMILES string of the molecule is CC(=O)Nc1ccc(N2C(=O)C(=O)/C(=C(\O)c3ccc4c(c3)N(C)CCO4)C2c2ccc(C(C)(C)C)cc2)cc1. The molecule has 0 radical (unpaired) electrons. The average Bonchev–Trinajstić information content (AvgIpc) is 3.18. The lowest BCUT2D eigenvalue weighted by Gasteiger charge is -2.28. The Kier molecular flexibility index (Phi) is 6.87. The number of anilines is 3. The predicted molar refractivity (Wildman–Crippen MR) is 156 cm³/mol. The summed E-state index contributed by atoms with van der Waals surface area (Å²) >= 11 is 0. The molecule has 8 nitrogen and oxygen atoms in total. The molecule has 0 aromatic heterocycles. The summed E-state index contributed by atoms with van der Waals surface area (Å²) in [6, 6.07) is 18.9. The van der Waals surface area contributed by atoms with Gasteiger partial charge in [-0.2, -0.15) is 0 Å². The molecule has 2 aliphatic heterocycles. The second kappa shape index (κ2) is 10.2. The number of hydrogen-bond acceptors (Lipinski definition) is 6. The molecule has 8 heteroatoms. The number of ether oxygens (including phenoxy) is 1. The number of benzene rings is 3. The molecule has 0 aliphatic carbocycles. The Labute approximate surface area is 233 Å². The third-order valence-electron chi connectivity index (χ3n) is 7.33. The maximum atomic E-state index is 13.6. The van der Waals surface area contributed by atoms with E-state index in [-0.39, 0.29) is 22.7 Å². The van der Waals surface area contributed by atoms with Gasteiger partial charge in [-0.25, -0.2) is 0 Å². The topological polar surface area (TPSA) is 99.2 Å². The second-order valence-corrected chi connectivity index (χ2v) is 11.2. The van der Waals surface area contributed by atoms with Crippen molar-refractivity contribution in [3.05, 3.63) is 89.0 Å². The molecule has 1 unspecified atom stereocenters. The molecule has 3 aromatic carbocycles. The fourth-order valence-electron chi connectivity index (χ4n) is 5.14. The number of hydrogen-bond donors (Lipinski definition) is 2. The zero-order valence-electron chi connectivity index (χ0n) is 23.3. The molecule has 0 saturated carbocycles. The fraction of sp³-hybridized carbons (Fsp3) is 0.281. The van der Waals surface area contributed by atoms with E-state index in [0.29, 0.717) is 41.4 Å². The van der Waals surface area contributed by atoms with Crippen molar-refractivity contribution in [2.45, 2.75) is 39.2 Å². The van der Waals surface area contributed by atoms with Crippen LogP contribution >= 0.6 is 0 Å². The van der Waals surface area contributed by atoms with Crippen LogP contribution in [0.3, 0.4) is 0 Å². The summed E-state index contributed by atoms with van der Waals surface area (Å²) in [6.07, 6.45) is 0. The number of rotatable bonds is 4. The molecule has 2 amide bonds. The predicted octanol–water partition coefficient (Wildman–Crippen LogP) is 5.40. The van der Waals surface area contributed by atoms with Gasteiger partial charge in [0.15, 0.2) is 0 Å². The van der Waals surface area contributed by atoms with Crippen LogP contribution in [0.1, 0.15) is 50.4 Å². The zero-order chi connectivity index (χ0) is 28.8. The lowest BCUT2D eigenvalue weighted by molar-refractivity contribution is -0.132. The van der Waals surface area contributed by atoms with Crippen LogP contribution < -0.4 is 19.9 Å². The monoisotopic (exact) mass is 539 g/mol. The third-order valence-corrected chi connectivity index (χ3v) is 7.33. The maximum Gasteiger partial charge on any atom is 0.300 e. The van der Waals surface area contributed by atoms with E-state index in [2.05, 4.69) is 26.1 Å². The minimum absolute atomic E-state index is 0.0128. The molecular weight excluding hydrogens is 506 g/mol. The van der Waals surface area contributed by atoms with Gasteiger partial charge in [0.05, 0.1) is 23.8 Å². The van der Waals surface area contributed by atoms with Gasteiger partial charge in [0, 0.05) is 30.9 Å². The van der Waals surface area contributed by atoms with Crippen molar-refractivity contribution in [3.63, 3.8) is 0 Å². The van der Waals surface area contributed by atoms with E-state index in [1.165, 1.54) is 11.8 Å². The molecule has 2 N–H and O–H groups in total. The lowest BCUT2D eigenvalue weighted by Crippen LogP contribution is -2.29. The molecule has 3 aromatic rings. The summed E-state index contributed by atoms with van der Waals surface area (Å²) < 4.78 is 5.73. The Morgan fingerprint density at radius 2 is 1.68 bits per heavy atom. The minimum atomic E-state index is -0.856. The molecule has 2 heterocycles.